The van der Waals surface area contributed by atoms with Crippen LogP contribution in [-0.4, -0.2) is 17.1 Å². The molecule has 150 valence electrons. The number of carbonyl (C=O) groups excluding carboxylic acids is 1. The molecular formula is C25H20ClNO3. The van der Waals surface area contributed by atoms with Crippen molar-refractivity contribution in [2.45, 2.75) is 25.4 Å². The fraction of sp³-hybridized carbons (Fsp3) is 0.160. The summed E-state index contributed by atoms with van der Waals surface area (Å²) in [6, 6.07) is 22.5. The van der Waals surface area contributed by atoms with Gasteiger partial charge in [0, 0.05) is 28.0 Å². The molecule has 4 aromatic rings. The highest BCUT2D eigenvalue weighted by Gasteiger charge is 2.25. The van der Waals surface area contributed by atoms with Crippen molar-refractivity contribution in [1.29, 1.82) is 0 Å². The Kier molecular flexibility index (Phi) is 4.93. The van der Waals surface area contributed by atoms with Crippen LogP contribution in [-0.2, 0) is 17.6 Å². The average Bonchev–Trinajstić information content (AvgIpc) is 3.13. The number of aryl methyl sites for hydroxylation is 1. The van der Waals surface area contributed by atoms with Gasteiger partial charge in [0.25, 0.3) is 0 Å². The predicted octanol–water partition coefficient (Wildman–Crippen LogP) is 6.33. The molecule has 1 N–H and O–H groups in total. The van der Waals surface area contributed by atoms with Crippen molar-refractivity contribution in [2.75, 3.05) is 0 Å². The minimum Gasteiger partial charge on any atom is -0.458 e. The molecule has 0 fully saturated rings. The lowest BCUT2D eigenvalue weighted by atomic mass is 9.93. The summed E-state index contributed by atoms with van der Waals surface area (Å²) in [6.45, 7) is 0. The molecule has 0 amide bonds. The normalized spacial score (nSPS) is 15.6. The number of benzene rings is 3. The van der Waals surface area contributed by atoms with Gasteiger partial charge in [0.1, 0.15) is 17.6 Å². The second kappa shape index (κ2) is 7.88. The highest BCUT2D eigenvalue weighted by Crippen LogP contribution is 2.34. The molecule has 0 spiro atoms. The van der Waals surface area contributed by atoms with Crippen molar-refractivity contribution in [2.24, 2.45) is 0 Å². The maximum absolute atomic E-state index is 12.4. The molecule has 0 radical (unpaired) electrons. The lowest BCUT2D eigenvalue weighted by molar-refractivity contribution is 0.0271. The fourth-order valence-corrected chi connectivity index (χ4v) is 4.09. The second-order valence-corrected chi connectivity index (χ2v) is 7.92. The van der Waals surface area contributed by atoms with Crippen LogP contribution in [0.1, 0.15) is 28.0 Å². The van der Waals surface area contributed by atoms with E-state index in [1.165, 1.54) is 11.3 Å². The Morgan fingerprint density at radius 1 is 0.967 bits per heavy atom. The molecule has 5 rings (SSSR count). The molecule has 4 nitrogen and oxygen atoms in total. The van der Waals surface area contributed by atoms with Gasteiger partial charge in [-0.05, 0) is 73.0 Å². The Morgan fingerprint density at radius 3 is 2.53 bits per heavy atom. The smallest absolute Gasteiger partial charge is 0.338 e. The summed E-state index contributed by atoms with van der Waals surface area (Å²) in [5, 5.41) is 1.78. The summed E-state index contributed by atoms with van der Waals surface area (Å²) in [4.78, 5) is 16.0. The zero-order chi connectivity index (χ0) is 20.5. The average molecular weight is 418 g/mol. The van der Waals surface area contributed by atoms with Crippen molar-refractivity contribution in [1.82, 2.24) is 4.98 Å². The van der Waals surface area contributed by atoms with Gasteiger partial charge in [0.15, 0.2) is 0 Å². The first kappa shape index (κ1) is 18.8. The lowest BCUT2D eigenvalue weighted by Crippen LogP contribution is -2.25. The minimum atomic E-state index is -0.268. The molecule has 1 atom stereocenters. The third kappa shape index (κ3) is 3.79. The molecule has 3 aromatic carbocycles. The monoisotopic (exact) mass is 417 g/mol. The van der Waals surface area contributed by atoms with E-state index >= 15 is 0 Å². The number of nitrogens with one attached hydrogen (secondary N) is 1. The number of fused-ring (bicyclic) bond motifs is 3. The molecule has 1 heterocycles. The maximum Gasteiger partial charge on any atom is 0.338 e. The standard InChI is InChI=1S/C25H20ClNO3/c26-17-6-8-18(9-7-17)29-19-10-12-23-21(14-19)22-15-20(11-13-24(22)27-23)30-25(28)16-4-2-1-3-5-16/h1-10,12,14,20,27H,11,13,15H2. The van der Waals surface area contributed by atoms with Crippen LogP contribution in [0.4, 0.5) is 0 Å². The van der Waals surface area contributed by atoms with Gasteiger partial charge in [-0.2, -0.15) is 0 Å². The van der Waals surface area contributed by atoms with Crippen molar-refractivity contribution in [3.63, 3.8) is 0 Å². The molecule has 1 unspecified atom stereocenters. The van der Waals surface area contributed by atoms with E-state index in [-0.39, 0.29) is 12.1 Å². The van der Waals surface area contributed by atoms with Gasteiger partial charge in [-0.15, -0.1) is 0 Å². The van der Waals surface area contributed by atoms with Gasteiger partial charge in [0.05, 0.1) is 5.56 Å². The van der Waals surface area contributed by atoms with E-state index in [0.29, 0.717) is 17.0 Å². The zero-order valence-corrected chi connectivity index (χ0v) is 17.0. The Labute approximate surface area is 179 Å². The first-order valence-corrected chi connectivity index (χ1v) is 10.4. The molecule has 1 aliphatic carbocycles. The van der Waals surface area contributed by atoms with E-state index in [1.807, 2.05) is 48.5 Å². The van der Waals surface area contributed by atoms with Crippen LogP contribution in [0.3, 0.4) is 0 Å². The molecule has 5 heteroatoms. The van der Waals surface area contributed by atoms with Crippen molar-refractivity contribution < 1.29 is 14.3 Å². The predicted molar refractivity (Wildman–Crippen MR) is 117 cm³/mol. The molecule has 0 saturated heterocycles. The number of hydrogen-bond donors (Lipinski definition) is 1. The summed E-state index contributed by atoms with van der Waals surface area (Å²) in [5.41, 5.74) is 4.06. The SMILES string of the molecule is O=C(OC1CCc2[nH]c3ccc(Oc4ccc(Cl)cc4)cc3c2C1)c1ccccc1. The number of esters is 1. The Morgan fingerprint density at radius 2 is 1.73 bits per heavy atom. The molecule has 30 heavy (non-hydrogen) atoms. The van der Waals surface area contributed by atoms with E-state index in [0.717, 1.165) is 35.2 Å². The number of aromatic amines is 1. The minimum absolute atomic E-state index is 0.134. The number of aromatic nitrogens is 1. The number of ether oxygens (including phenoxy) is 2. The Bertz CT molecular complexity index is 1200. The summed E-state index contributed by atoms with van der Waals surface area (Å²) < 4.78 is 11.8. The Balaban J connectivity index is 1.37. The molecule has 1 aliphatic rings. The van der Waals surface area contributed by atoms with Gasteiger partial charge >= 0.3 is 5.97 Å². The van der Waals surface area contributed by atoms with E-state index in [4.69, 9.17) is 21.1 Å². The largest absolute Gasteiger partial charge is 0.458 e. The van der Waals surface area contributed by atoms with Gasteiger partial charge in [0.2, 0.25) is 0 Å². The van der Waals surface area contributed by atoms with Crippen molar-refractivity contribution in [3.05, 3.63) is 94.6 Å². The second-order valence-electron chi connectivity index (χ2n) is 7.48. The van der Waals surface area contributed by atoms with Gasteiger partial charge in [-0.3, -0.25) is 0 Å². The van der Waals surface area contributed by atoms with Crippen LogP contribution >= 0.6 is 11.6 Å². The molecular weight excluding hydrogens is 398 g/mol. The first-order chi connectivity index (χ1) is 14.7. The van der Waals surface area contributed by atoms with Crippen LogP contribution in [0.25, 0.3) is 10.9 Å². The fourth-order valence-electron chi connectivity index (χ4n) is 3.96. The first-order valence-electron chi connectivity index (χ1n) is 9.98. The van der Waals surface area contributed by atoms with E-state index in [1.54, 1.807) is 24.3 Å². The highest BCUT2D eigenvalue weighted by atomic mass is 35.5. The van der Waals surface area contributed by atoms with E-state index in [2.05, 4.69) is 4.98 Å². The van der Waals surface area contributed by atoms with Gasteiger partial charge in [-0.1, -0.05) is 29.8 Å². The summed E-state index contributed by atoms with van der Waals surface area (Å²) in [7, 11) is 0. The third-order valence-corrected chi connectivity index (χ3v) is 5.70. The quantitative estimate of drug-likeness (QED) is 0.395. The maximum atomic E-state index is 12.4. The van der Waals surface area contributed by atoms with Crippen molar-refractivity contribution >= 4 is 28.5 Å². The number of carbonyl (C=O) groups is 1. The van der Waals surface area contributed by atoms with Gasteiger partial charge in [-0.25, -0.2) is 4.79 Å². The van der Waals surface area contributed by atoms with E-state index in [9.17, 15) is 4.79 Å². The van der Waals surface area contributed by atoms with E-state index < -0.39 is 0 Å². The highest BCUT2D eigenvalue weighted by molar-refractivity contribution is 6.30. The molecule has 0 bridgehead atoms. The molecule has 0 saturated carbocycles. The number of rotatable bonds is 4. The zero-order valence-electron chi connectivity index (χ0n) is 16.2. The molecule has 1 aromatic heterocycles. The van der Waals surface area contributed by atoms with Crippen LogP contribution < -0.4 is 4.74 Å². The number of halogens is 1. The third-order valence-electron chi connectivity index (χ3n) is 5.45. The summed E-state index contributed by atoms with van der Waals surface area (Å²) >= 11 is 5.95. The number of H-pyrrole nitrogens is 1. The van der Waals surface area contributed by atoms with Crippen LogP contribution in [0.15, 0.2) is 72.8 Å². The summed E-state index contributed by atoms with van der Waals surface area (Å²) in [6.07, 6.45) is 2.22. The topological polar surface area (TPSA) is 51.3 Å². The van der Waals surface area contributed by atoms with Gasteiger partial charge < -0.3 is 14.5 Å². The van der Waals surface area contributed by atoms with Crippen LogP contribution in [0, 0.1) is 0 Å². The summed E-state index contributed by atoms with van der Waals surface area (Å²) in [5.74, 6) is 1.23. The molecule has 0 aliphatic heterocycles. The lowest BCUT2D eigenvalue weighted by Gasteiger charge is -2.22. The van der Waals surface area contributed by atoms with Crippen LogP contribution in [0.2, 0.25) is 5.02 Å². The van der Waals surface area contributed by atoms with Crippen LogP contribution in [0.5, 0.6) is 11.5 Å². The van der Waals surface area contributed by atoms with Crippen molar-refractivity contribution in [3.8, 4) is 11.5 Å². The number of hydrogen-bond acceptors (Lipinski definition) is 3. The Hall–Kier alpha value is -3.24.